The molecule has 102 valence electrons. The molecule has 18 heavy (non-hydrogen) atoms. The van der Waals surface area contributed by atoms with Crippen LogP contribution in [0.4, 0.5) is 4.79 Å². The molecule has 0 unspecified atom stereocenters. The van der Waals surface area contributed by atoms with Gasteiger partial charge in [0.15, 0.2) is 0 Å². The summed E-state index contributed by atoms with van der Waals surface area (Å²) in [5.74, 6) is -0.722. The Hall–Kier alpha value is -1.59. The molecule has 1 fully saturated rings. The molecule has 0 radical (unpaired) electrons. The normalized spacial score (nSPS) is 19.9. The molecule has 0 aliphatic carbocycles. The second-order valence-electron chi connectivity index (χ2n) is 5.24. The summed E-state index contributed by atoms with van der Waals surface area (Å²) in [4.78, 5) is 35.3. The summed E-state index contributed by atoms with van der Waals surface area (Å²) in [6.07, 6.45) is 0.0819. The van der Waals surface area contributed by atoms with Crippen LogP contribution in [0.5, 0.6) is 0 Å². The highest BCUT2D eigenvalue weighted by molar-refractivity contribution is 5.94. The number of carbonyl (C=O) groups excluding carboxylic acids is 3. The molecule has 0 bridgehead atoms. The van der Waals surface area contributed by atoms with Crippen molar-refractivity contribution < 1.29 is 23.9 Å². The highest BCUT2D eigenvalue weighted by atomic mass is 16.6. The molecule has 1 heterocycles. The van der Waals surface area contributed by atoms with Gasteiger partial charge >= 0.3 is 12.1 Å². The minimum atomic E-state index is -0.679. The van der Waals surface area contributed by atoms with E-state index in [0.29, 0.717) is 6.42 Å². The van der Waals surface area contributed by atoms with Gasteiger partial charge in [0.2, 0.25) is 5.91 Å². The molecule has 0 aromatic rings. The average Bonchev–Trinajstić information content (AvgIpc) is 2.53. The van der Waals surface area contributed by atoms with E-state index in [1.165, 1.54) is 6.92 Å². The van der Waals surface area contributed by atoms with Crippen LogP contribution in [-0.2, 0) is 19.1 Å². The van der Waals surface area contributed by atoms with E-state index in [1.807, 2.05) is 0 Å². The van der Waals surface area contributed by atoms with E-state index in [-0.39, 0.29) is 18.9 Å². The Morgan fingerprint density at radius 3 is 2.50 bits per heavy atom. The minimum absolute atomic E-state index is 0.0281. The van der Waals surface area contributed by atoms with Gasteiger partial charge in [-0.1, -0.05) is 0 Å². The maximum Gasteiger partial charge on any atom is 0.417 e. The van der Waals surface area contributed by atoms with E-state index in [9.17, 15) is 14.4 Å². The summed E-state index contributed by atoms with van der Waals surface area (Å²) in [6, 6.07) is -0.420. The molecule has 6 heteroatoms. The monoisotopic (exact) mass is 257 g/mol. The van der Waals surface area contributed by atoms with Crippen LogP contribution in [0.2, 0.25) is 0 Å². The zero-order chi connectivity index (χ0) is 13.9. The minimum Gasteiger partial charge on any atom is -0.464 e. The maximum absolute atomic E-state index is 11.9. The van der Waals surface area contributed by atoms with Gasteiger partial charge in [-0.05, 0) is 27.2 Å². The fourth-order valence-corrected chi connectivity index (χ4v) is 1.68. The predicted octanol–water partition coefficient (Wildman–Crippen LogP) is 1.48. The Labute approximate surface area is 106 Å². The number of ether oxygens (including phenoxy) is 2. The number of esters is 1. The van der Waals surface area contributed by atoms with Crippen molar-refractivity contribution in [2.45, 2.75) is 52.2 Å². The Bertz CT molecular complexity index is 358. The molecular weight excluding hydrogens is 238 g/mol. The number of imide groups is 1. The van der Waals surface area contributed by atoms with Crippen LogP contribution in [0.3, 0.4) is 0 Å². The maximum atomic E-state index is 11.9. The highest BCUT2D eigenvalue weighted by Gasteiger charge is 2.38. The van der Waals surface area contributed by atoms with Gasteiger partial charge in [-0.3, -0.25) is 9.59 Å². The lowest BCUT2D eigenvalue weighted by molar-refractivity contribution is -0.144. The number of hydrogen-bond donors (Lipinski definition) is 0. The van der Waals surface area contributed by atoms with Gasteiger partial charge in [-0.25, -0.2) is 9.69 Å². The van der Waals surface area contributed by atoms with Crippen LogP contribution in [0.15, 0.2) is 0 Å². The Morgan fingerprint density at radius 1 is 1.39 bits per heavy atom. The molecule has 1 aliphatic heterocycles. The SMILES string of the molecule is CC(=O)OC[C@@H]1CCC(=O)N1C(=O)OC(C)(C)C. The number of hydrogen-bond acceptors (Lipinski definition) is 5. The quantitative estimate of drug-likeness (QED) is 0.700. The fraction of sp³-hybridized carbons (Fsp3) is 0.750. The summed E-state index contributed by atoms with van der Waals surface area (Å²) in [7, 11) is 0. The zero-order valence-corrected chi connectivity index (χ0v) is 11.2. The van der Waals surface area contributed by atoms with Gasteiger partial charge in [0, 0.05) is 13.3 Å². The summed E-state index contributed by atoms with van der Waals surface area (Å²) < 4.78 is 10.00. The fourth-order valence-electron chi connectivity index (χ4n) is 1.68. The number of amides is 2. The van der Waals surface area contributed by atoms with Gasteiger partial charge < -0.3 is 9.47 Å². The van der Waals surface area contributed by atoms with E-state index < -0.39 is 23.7 Å². The van der Waals surface area contributed by atoms with Gasteiger partial charge in [0.05, 0.1) is 6.04 Å². The largest absolute Gasteiger partial charge is 0.464 e. The first-order valence-corrected chi connectivity index (χ1v) is 5.89. The zero-order valence-electron chi connectivity index (χ0n) is 11.2. The van der Waals surface area contributed by atoms with E-state index in [4.69, 9.17) is 9.47 Å². The number of carbonyl (C=O) groups is 3. The van der Waals surface area contributed by atoms with Crippen molar-refractivity contribution in [3.05, 3.63) is 0 Å². The molecule has 0 N–H and O–H groups in total. The molecule has 1 rings (SSSR count). The van der Waals surface area contributed by atoms with Crippen molar-refractivity contribution in [2.24, 2.45) is 0 Å². The molecule has 1 atom stereocenters. The molecular formula is C12H19NO5. The molecule has 0 aromatic carbocycles. The summed E-state index contributed by atoms with van der Waals surface area (Å²) in [5, 5.41) is 0. The van der Waals surface area contributed by atoms with Crippen molar-refractivity contribution in [2.75, 3.05) is 6.61 Å². The Kier molecular flexibility index (Phi) is 4.32. The molecule has 1 saturated heterocycles. The van der Waals surface area contributed by atoms with E-state index in [1.54, 1.807) is 20.8 Å². The first kappa shape index (κ1) is 14.5. The second-order valence-corrected chi connectivity index (χ2v) is 5.24. The number of rotatable bonds is 2. The van der Waals surface area contributed by atoms with E-state index in [0.717, 1.165) is 4.90 Å². The van der Waals surface area contributed by atoms with Crippen molar-refractivity contribution in [1.82, 2.24) is 4.90 Å². The van der Waals surface area contributed by atoms with Crippen LogP contribution in [0.1, 0.15) is 40.5 Å². The second kappa shape index (κ2) is 5.37. The van der Waals surface area contributed by atoms with E-state index >= 15 is 0 Å². The van der Waals surface area contributed by atoms with Gasteiger partial charge in [0.1, 0.15) is 12.2 Å². The predicted molar refractivity (Wildman–Crippen MR) is 62.7 cm³/mol. The first-order valence-electron chi connectivity index (χ1n) is 5.89. The number of likely N-dealkylation sites (tertiary alicyclic amines) is 1. The first-order chi connectivity index (χ1) is 8.20. The van der Waals surface area contributed by atoms with Crippen LogP contribution < -0.4 is 0 Å². The van der Waals surface area contributed by atoms with Crippen molar-refractivity contribution in [1.29, 1.82) is 0 Å². The van der Waals surface area contributed by atoms with Crippen molar-refractivity contribution in [3.63, 3.8) is 0 Å². The third kappa shape index (κ3) is 4.01. The Balaban J connectivity index is 2.67. The van der Waals surface area contributed by atoms with Crippen LogP contribution in [0.25, 0.3) is 0 Å². The highest BCUT2D eigenvalue weighted by Crippen LogP contribution is 2.22. The molecule has 1 aliphatic rings. The average molecular weight is 257 g/mol. The number of nitrogens with zero attached hydrogens (tertiary/aromatic N) is 1. The molecule has 0 spiro atoms. The van der Waals surface area contributed by atoms with Crippen molar-refractivity contribution in [3.8, 4) is 0 Å². The lowest BCUT2D eigenvalue weighted by atomic mass is 10.2. The van der Waals surface area contributed by atoms with Crippen molar-refractivity contribution >= 4 is 18.0 Å². The molecule has 0 aromatic heterocycles. The molecule has 0 saturated carbocycles. The Morgan fingerprint density at radius 2 is 2.00 bits per heavy atom. The van der Waals surface area contributed by atoms with Gasteiger partial charge in [-0.15, -0.1) is 0 Å². The standard InChI is InChI=1S/C12H19NO5/c1-8(14)17-7-9-5-6-10(15)13(9)11(16)18-12(2,3)4/h9H,5-7H2,1-4H3/t9-/m0/s1. The lowest BCUT2D eigenvalue weighted by Crippen LogP contribution is -2.44. The smallest absolute Gasteiger partial charge is 0.417 e. The van der Waals surface area contributed by atoms with E-state index in [2.05, 4.69) is 0 Å². The molecule has 2 amide bonds. The molecule has 6 nitrogen and oxygen atoms in total. The van der Waals surface area contributed by atoms with Gasteiger partial charge in [0.25, 0.3) is 0 Å². The van der Waals surface area contributed by atoms with Crippen LogP contribution >= 0.6 is 0 Å². The topological polar surface area (TPSA) is 72.9 Å². The third-order valence-electron chi connectivity index (χ3n) is 2.39. The summed E-state index contributed by atoms with van der Waals surface area (Å²) in [6.45, 7) is 6.50. The lowest BCUT2D eigenvalue weighted by Gasteiger charge is -2.27. The summed E-state index contributed by atoms with van der Waals surface area (Å²) in [5.41, 5.74) is -0.661. The summed E-state index contributed by atoms with van der Waals surface area (Å²) >= 11 is 0. The van der Waals surface area contributed by atoms with Crippen LogP contribution in [0, 0.1) is 0 Å². The van der Waals surface area contributed by atoms with Crippen LogP contribution in [-0.4, -0.2) is 41.1 Å². The van der Waals surface area contributed by atoms with Gasteiger partial charge in [-0.2, -0.15) is 0 Å². The third-order valence-corrected chi connectivity index (χ3v) is 2.39.